The summed E-state index contributed by atoms with van der Waals surface area (Å²) < 4.78 is 16.8. The summed E-state index contributed by atoms with van der Waals surface area (Å²) in [6.45, 7) is 6.46. The van der Waals surface area contributed by atoms with Crippen LogP contribution in [0.5, 0.6) is 0 Å². The van der Waals surface area contributed by atoms with Crippen LogP contribution in [0.25, 0.3) is 0 Å². The van der Waals surface area contributed by atoms with Gasteiger partial charge in [0.15, 0.2) is 6.10 Å². The van der Waals surface area contributed by atoms with Crippen LogP contribution in [0.15, 0.2) is 122 Å². The summed E-state index contributed by atoms with van der Waals surface area (Å²) in [7, 11) is 0. The maximum Gasteiger partial charge on any atom is 0.306 e. The van der Waals surface area contributed by atoms with Crippen LogP contribution in [-0.2, 0) is 28.6 Å². The third kappa shape index (κ3) is 68.5. The third-order valence-electron chi connectivity index (χ3n) is 15.0. The molecule has 0 aromatic carbocycles. The Hall–Kier alpha value is -4.19. The minimum absolute atomic E-state index is 0.0955. The van der Waals surface area contributed by atoms with E-state index in [-0.39, 0.29) is 37.5 Å². The number of carbonyl (C=O) groups excluding carboxylic acids is 3. The van der Waals surface area contributed by atoms with E-state index in [1.54, 1.807) is 0 Å². The van der Waals surface area contributed by atoms with Gasteiger partial charge in [0.1, 0.15) is 13.2 Å². The molecule has 0 aliphatic rings. The van der Waals surface area contributed by atoms with E-state index < -0.39 is 6.10 Å². The Morgan fingerprint density at radius 3 is 0.795 bits per heavy atom. The van der Waals surface area contributed by atoms with Gasteiger partial charge in [-0.05, 0) is 109 Å². The van der Waals surface area contributed by atoms with E-state index in [0.717, 1.165) is 103 Å². The summed E-state index contributed by atoms with van der Waals surface area (Å²) in [5, 5.41) is 0. The Morgan fingerprint density at radius 1 is 0.253 bits per heavy atom. The van der Waals surface area contributed by atoms with Gasteiger partial charge in [0, 0.05) is 19.3 Å². The summed E-state index contributed by atoms with van der Waals surface area (Å²) in [6, 6.07) is 0. The Labute approximate surface area is 513 Å². The van der Waals surface area contributed by atoms with Gasteiger partial charge < -0.3 is 14.2 Å². The lowest BCUT2D eigenvalue weighted by atomic mass is 10.0. The molecule has 0 saturated carbocycles. The minimum atomic E-state index is -0.802. The number of carbonyl (C=O) groups is 3. The van der Waals surface area contributed by atoms with Gasteiger partial charge in [0.2, 0.25) is 0 Å². The Kier molecular flexibility index (Phi) is 66.7. The van der Waals surface area contributed by atoms with Gasteiger partial charge in [-0.25, -0.2) is 0 Å². The van der Waals surface area contributed by atoms with Gasteiger partial charge >= 0.3 is 17.9 Å². The zero-order valence-electron chi connectivity index (χ0n) is 54.4. The minimum Gasteiger partial charge on any atom is -0.462 e. The van der Waals surface area contributed by atoms with Crippen molar-refractivity contribution in [3.8, 4) is 0 Å². The third-order valence-corrected chi connectivity index (χ3v) is 15.0. The Morgan fingerprint density at radius 2 is 0.482 bits per heavy atom. The first-order chi connectivity index (χ1) is 41.0. The molecule has 0 bridgehead atoms. The van der Waals surface area contributed by atoms with Crippen molar-refractivity contribution in [3.63, 3.8) is 0 Å². The molecule has 6 nitrogen and oxygen atoms in total. The quantitative estimate of drug-likeness (QED) is 0.0261. The number of allylic oxidation sites excluding steroid dienone is 20. The number of ether oxygens (including phenoxy) is 3. The molecule has 0 aromatic rings. The summed E-state index contributed by atoms with van der Waals surface area (Å²) in [6.07, 6.45) is 98.4. The zero-order chi connectivity index (χ0) is 59.9. The lowest BCUT2D eigenvalue weighted by molar-refractivity contribution is -0.167. The molecular formula is C77H130O6. The van der Waals surface area contributed by atoms with Crippen molar-refractivity contribution in [2.45, 2.75) is 335 Å². The summed E-state index contributed by atoms with van der Waals surface area (Å²) in [5.74, 6) is -0.956. The van der Waals surface area contributed by atoms with Crippen LogP contribution in [-0.4, -0.2) is 37.2 Å². The van der Waals surface area contributed by atoms with Crippen LogP contribution >= 0.6 is 0 Å². The molecule has 0 N–H and O–H groups in total. The highest BCUT2D eigenvalue weighted by Gasteiger charge is 2.19. The molecular weight excluding hydrogens is 1020 g/mol. The molecule has 0 spiro atoms. The van der Waals surface area contributed by atoms with Crippen molar-refractivity contribution in [1.82, 2.24) is 0 Å². The standard InChI is InChI=1S/C77H130O6/c1-4-7-10-13-16-18-20-22-24-26-28-30-32-34-36-38-40-42-44-46-48-50-52-54-56-58-61-64-67-70-76(79)82-73-74(72-81-75(78)69-66-63-60-15-12-9-6-3)83-77(80)71-68-65-62-59-57-55-53-51-49-47-45-43-41-39-37-35-33-31-29-27-25-23-21-19-17-14-11-8-5-2/h7,10,16,18,22,24,27-30,34,36,40,42,46,48,52,54,58,61,74H,4-6,8-9,11-15,17,19-21,23,25-26,31-33,35,37-39,41,43-45,47,49-51,53,55-57,59-60,62-73H2,1-3H3/b10-7-,18-16-,24-22-,29-27-,30-28-,36-34-,42-40-,48-46-,54-52-,61-58-. The molecule has 0 fully saturated rings. The van der Waals surface area contributed by atoms with Gasteiger partial charge in [-0.15, -0.1) is 0 Å². The predicted octanol–water partition coefficient (Wildman–Crippen LogP) is 24.3. The highest BCUT2D eigenvalue weighted by Crippen LogP contribution is 2.17. The number of hydrogen-bond acceptors (Lipinski definition) is 6. The molecule has 1 atom stereocenters. The lowest BCUT2D eigenvalue weighted by Gasteiger charge is -2.18. The summed E-state index contributed by atoms with van der Waals surface area (Å²) in [4.78, 5) is 38.1. The average molecular weight is 1150 g/mol. The summed E-state index contributed by atoms with van der Waals surface area (Å²) in [5.41, 5.74) is 0. The lowest BCUT2D eigenvalue weighted by Crippen LogP contribution is -2.30. The maximum atomic E-state index is 12.9. The van der Waals surface area contributed by atoms with Crippen molar-refractivity contribution in [3.05, 3.63) is 122 Å². The first kappa shape index (κ1) is 78.8. The van der Waals surface area contributed by atoms with Gasteiger partial charge in [-0.3, -0.25) is 14.4 Å². The van der Waals surface area contributed by atoms with Crippen LogP contribution in [0.2, 0.25) is 0 Å². The molecule has 1 unspecified atom stereocenters. The molecule has 0 amide bonds. The molecule has 0 aliphatic carbocycles. The van der Waals surface area contributed by atoms with E-state index in [1.165, 1.54) is 180 Å². The van der Waals surface area contributed by atoms with Crippen LogP contribution in [0.3, 0.4) is 0 Å². The second kappa shape index (κ2) is 70.3. The molecule has 0 rings (SSSR count). The fourth-order valence-electron chi connectivity index (χ4n) is 9.74. The molecule has 0 radical (unpaired) electrons. The molecule has 6 heteroatoms. The van der Waals surface area contributed by atoms with Crippen LogP contribution in [0.4, 0.5) is 0 Å². The van der Waals surface area contributed by atoms with Crippen molar-refractivity contribution in [2.24, 2.45) is 0 Å². The topological polar surface area (TPSA) is 78.9 Å². The van der Waals surface area contributed by atoms with Crippen LogP contribution in [0, 0.1) is 0 Å². The summed E-state index contributed by atoms with van der Waals surface area (Å²) >= 11 is 0. The number of rotatable bonds is 63. The maximum absolute atomic E-state index is 12.9. The molecule has 0 heterocycles. The van der Waals surface area contributed by atoms with E-state index in [0.29, 0.717) is 19.3 Å². The smallest absolute Gasteiger partial charge is 0.306 e. The zero-order valence-corrected chi connectivity index (χ0v) is 54.4. The highest BCUT2D eigenvalue weighted by atomic mass is 16.6. The number of unbranched alkanes of at least 4 members (excludes halogenated alkanes) is 32. The SMILES string of the molecule is CC/C=C\C/C=C\C/C=C\C/C=C\C/C=C\C/C=C\C/C=C\C/C=C\C/C=C\CCCC(=O)OCC(COC(=O)CCCCCCCCC)OC(=O)CCCCCCCCCCCCCCCCCCC/C=C\CCCCCCCCCC. The van der Waals surface area contributed by atoms with Gasteiger partial charge in [-0.1, -0.05) is 322 Å². The second-order valence-corrected chi connectivity index (χ2v) is 23.1. The first-order valence-electron chi connectivity index (χ1n) is 35.0. The average Bonchev–Trinajstić information content (AvgIpc) is 3.49. The van der Waals surface area contributed by atoms with E-state index in [9.17, 15) is 14.4 Å². The number of hydrogen-bond donors (Lipinski definition) is 0. The molecule has 0 aliphatic heterocycles. The van der Waals surface area contributed by atoms with Gasteiger partial charge in [0.25, 0.3) is 0 Å². The normalized spacial score (nSPS) is 12.9. The van der Waals surface area contributed by atoms with Crippen molar-refractivity contribution >= 4 is 17.9 Å². The Bertz CT molecular complexity index is 1700. The van der Waals surface area contributed by atoms with Crippen molar-refractivity contribution < 1.29 is 28.6 Å². The first-order valence-corrected chi connectivity index (χ1v) is 35.0. The van der Waals surface area contributed by atoms with Crippen LogP contribution in [0.1, 0.15) is 329 Å². The van der Waals surface area contributed by atoms with E-state index in [2.05, 4.69) is 142 Å². The number of esters is 3. The van der Waals surface area contributed by atoms with E-state index in [1.807, 2.05) is 0 Å². The fourth-order valence-corrected chi connectivity index (χ4v) is 9.74. The fraction of sp³-hybridized carbons (Fsp3) is 0.701. The molecule has 474 valence electrons. The van der Waals surface area contributed by atoms with Gasteiger partial charge in [0.05, 0.1) is 0 Å². The monoisotopic (exact) mass is 1150 g/mol. The van der Waals surface area contributed by atoms with Crippen molar-refractivity contribution in [2.75, 3.05) is 13.2 Å². The molecule has 83 heavy (non-hydrogen) atoms. The molecule has 0 aromatic heterocycles. The van der Waals surface area contributed by atoms with Crippen LogP contribution < -0.4 is 0 Å². The van der Waals surface area contributed by atoms with Gasteiger partial charge in [-0.2, -0.15) is 0 Å². The highest BCUT2D eigenvalue weighted by molar-refractivity contribution is 5.71. The largest absolute Gasteiger partial charge is 0.462 e. The molecule has 0 saturated heterocycles. The van der Waals surface area contributed by atoms with Crippen molar-refractivity contribution in [1.29, 1.82) is 0 Å². The second-order valence-electron chi connectivity index (χ2n) is 23.1. The predicted molar refractivity (Wildman–Crippen MR) is 362 cm³/mol. The van der Waals surface area contributed by atoms with E-state index >= 15 is 0 Å². The van der Waals surface area contributed by atoms with E-state index in [4.69, 9.17) is 14.2 Å². The Balaban J connectivity index is 4.19.